The van der Waals surface area contributed by atoms with Crippen LogP contribution >= 0.6 is 11.5 Å². The van der Waals surface area contributed by atoms with Crippen LogP contribution in [0.15, 0.2) is 6.07 Å². The minimum atomic E-state index is 0.315. The van der Waals surface area contributed by atoms with Crippen molar-refractivity contribution in [3.63, 3.8) is 0 Å². The maximum Gasteiger partial charge on any atom is 0.137 e. The number of anilines is 1. The highest BCUT2D eigenvalue weighted by Crippen LogP contribution is 2.37. The summed E-state index contributed by atoms with van der Waals surface area (Å²) in [7, 11) is 0. The third kappa shape index (κ3) is 1.85. The zero-order valence-electron chi connectivity index (χ0n) is 8.63. The van der Waals surface area contributed by atoms with Gasteiger partial charge in [-0.1, -0.05) is 20.8 Å². The summed E-state index contributed by atoms with van der Waals surface area (Å²) in [5.74, 6) is 0.666. The molecule has 0 saturated heterocycles. The number of hydrogen-bond acceptors (Lipinski definition) is 3. The Bertz CT molecular complexity index is 255. The molecule has 0 aliphatic carbocycles. The molecule has 0 saturated carbocycles. The van der Waals surface area contributed by atoms with Gasteiger partial charge in [-0.3, -0.25) is 0 Å². The highest BCUT2D eigenvalue weighted by atomic mass is 32.1. The van der Waals surface area contributed by atoms with Gasteiger partial charge in [0.1, 0.15) is 5.82 Å². The summed E-state index contributed by atoms with van der Waals surface area (Å²) in [4.78, 5) is 1.34. The SMILES string of the molecule is CCC(CC)(CC)c1cc(N)ns1. The van der Waals surface area contributed by atoms with E-state index >= 15 is 0 Å². The van der Waals surface area contributed by atoms with E-state index in [0.717, 1.165) is 0 Å². The quantitative estimate of drug-likeness (QED) is 0.807. The van der Waals surface area contributed by atoms with Crippen LogP contribution in [0.4, 0.5) is 5.82 Å². The molecule has 0 atom stereocenters. The number of rotatable bonds is 4. The third-order valence-electron chi connectivity index (χ3n) is 3.08. The summed E-state index contributed by atoms with van der Waals surface area (Å²) in [6, 6.07) is 2.03. The predicted octanol–water partition coefficient (Wildman–Crippen LogP) is 3.19. The Labute approximate surface area is 84.3 Å². The van der Waals surface area contributed by atoms with Crippen molar-refractivity contribution in [3.8, 4) is 0 Å². The molecule has 0 aliphatic heterocycles. The Kier molecular flexibility index (Phi) is 3.31. The maximum atomic E-state index is 5.64. The van der Waals surface area contributed by atoms with Gasteiger partial charge in [0, 0.05) is 10.3 Å². The molecule has 13 heavy (non-hydrogen) atoms. The molecule has 0 aromatic carbocycles. The van der Waals surface area contributed by atoms with Gasteiger partial charge < -0.3 is 5.73 Å². The van der Waals surface area contributed by atoms with Crippen molar-refractivity contribution in [2.45, 2.75) is 45.4 Å². The Morgan fingerprint density at radius 2 is 1.85 bits per heavy atom. The van der Waals surface area contributed by atoms with Crippen LogP contribution in [0.1, 0.15) is 44.9 Å². The molecule has 0 fully saturated rings. The monoisotopic (exact) mass is 198 g/mol. The van der Waals surface area contributed by atoms with Gasteiger partial charge in [-0.25, -0.2) is 0 Å². The van der Waals surface area contributed by atoms with Crippen molar-refractivity contribution in [3.05, 3.63) is 10.9 Å². The fraction of sp³-hybridized carbons (Fsp3) is 0.700. The first kappa shape index (κ1) is 10.5. The summed E-state index contributed by atoms with van der Waals surface area (Å²) in [6.45, 7) is 6.72. The highest BCUT2D eigenvalue weighted by molar-refractivity contribution is 7.06. The summed E-state index contributed by atoms with van der Waals surface area (Å²) in [5, 5.41) is 0. The van der Waals surface area contributed by atoms with E-state index in [2.05, 4.69) is 25.1 Å². The molecule has 74 valence electrons. The topological polar surface area (TPSA) is 38.9 Å². The van der Waals surface area contributed by atoms with E-state index in [1.54, 1.807) is 11.5 Å². The molecule has 1 heterocycles. The van der Waals surface area contributed by atoms with Crippen LogP contribution in [0.2, 0.25) is 0 Å². The normalized spacial score (nSPS) is 11.9. The summed E-state index contributed by atoms with van der Waals surface area (Å²) >= 11 is 1.56. The van der Waals surface area contributed by atoms with E-state index in [9.17, 15) is 0 Å². The lowest BCUT2D eigenvalue weighted by atomic mass is 9.78. The largest absolute Gasteiger partial charge is 0.383 e. The van der Waals surface area contributed by atoms with Crippen LogP contribution < -0.4 is 5.73 Å². The predicted molar refractivity (Wildman–Crippen MR) is 59.1 cm³/mol. The van der Waals surface area contributed by atoms with Crippen LogP contribution in [0, 0.1) is 0 Å². The van der Waals surface area contributed by atoms with E-state index in [1.807, 2.05) is 6.07 Å². The van der Waals surface area contributed by atoms with Crippen LogP contribution in [0.5, 0.6) is 0 Å². The molecule has 2 N–H and O–H groups in total. The molecule has 3 heteroatoms. The minimum absolute atomic E-state index is 0.315. The van der Waals surface area contributed by atoms with Crippen LogP contribution in [-0.2, 0) is 5.41 Å². The molecule has 0 unspecified atom stereocenters. The van der Waals surface area contributed by atoms with Crippen molar-refractivity contribution in [2.24, 2.45) is 0 Å². The van der Waals surface area contributed by atoms with E-state index < -0.39 is 0 Å². The van der Waals surface area contributed by atoms with Crippen molar-refractivity contribution in [1.29, 1.82) is 0 Å². The number of nitrogen functional groups attached to an aromatic ring is 1. The number of hydrogen-bond donors (Lipinski definition) is 1. The van der Waals surface area contributed by atoms with E-state index in [4.69, 9.17) is 5.73 Å². The molecule has 1 aromatic heterocycles. The summed E-state index contributed by atoms with van der Waals surface area (Å²) < 4.78 is 4.15. The van der Waals surface area contributed by atoms with Gasteiger partial charge in [0.15, 0.2) is 0 Å². The molecule has 0 aliphatic rings. The maximum absolute atomic E-state index is 5.64. The average molecular weight is 198 g/mol. The van der Waals surface area contributed by atoms with Crippen LogP contribution in [-0.4, -0.2) is 4.37 Å². The Hall–Kier alpha value is -0.570. The van der Waals surface area contributed by atoms with Gasteiger partial charge in [0.25, 0.3) is 0 Å². The summed E-state index contributed by atoms with van der Waals surface area (Å²) in [6.07, 6.45) is 3.50. The van der Waals surface area contributed by atoms with Crippen molar-refractivity contribution in [1.82, 2.24) is 4.37 Å². The zero-order valence-corrected chi connectivity index (χ0v) is 9.45. The minimum Gasteiger partial charge on any atom is -0.383 e. The van der Waals surface area contributed by atoms with Gasteiger partial charge in [0.2, 0.25) is 0 Å². The van der Waals surface area contributed by atoms with Crippen molar-refractivity contribution in [2.75, 3.05) is 5.73 Å². The first-order valence-electron chi connectivity index (χ1n) is 4.91. The van der Waals surface area contributed by atoms with Gasteiger partial charge in [-0.2, -0.15) is 4.37 Å². The molecule has 2 nitrogen and oxygen atoms in total. The van der Waals surface area contributed by atoms with Gasteiger partial charge in [-0.05, 0) is 36.9 Å². The molecule has 0 spiro atoms. The second kappa shape index (κ2) is 4.09. The van der Waals surface area contributed by atoms with Crippen LogP contribution in [0.25, 0.3) is 0 Å². The number of nitrogens with zero attached hydrogens (tertiary/aromatic N) is 1. The van der Waals surface area contributed by atoms with Gasteiger partial charge >= 0.3 is 0 Å². The summed E-state index contributed by atoms with van der Waals surface area (Å²) in [5.41, 5.74) is 5.95. The van der Waals surface area contributed by atoms with E-state index in [0.29, 0.717) is 11.2 Å². The van der Waals surface area contributed by atoms with Crippen molar-refractivity contribution < 1.29 is 0 Å². The standard InChI is InChI=1S/C10H18N2S/c1-4-10(5-2,6-3)8-7-9(11)12-13-8/h7H,4-6H2,1-3H3,(H2,11,12). The Morgan fingerprint density at radius 1 is 1.31 bits per heavy atom. The lowest BCUT2D eigenvalue weighted by molar-refractivity contribution is 0.389. The molecule has 0 amide bonds. The molecule has 1 aromatic rings. The lowest BCUT2D eigenvalue weighted by Crippen LogP contribution is -2.21. The zero-order chi connectivity index (χ0) is 9.90. The Morgan fingerprint density at radius 3 is 2.15 bits per heavy atom. The number of aromatic nitrogens is 1. The fourth-order valence-electron chi connectivity index (χ4n) is 1.81. The van der Waals surface area contributed by atoms with Crippen LogP contribution in [0.3, 0.4) is 0 Å². The second-order valence-electron chi connectivity index (χ2n) is 3.46. The molecule has 0 radical (unpaired) electrons. The second-order valence-corrected chi connectivity index (χ2v) is 4.26. The Balaban J connectivity index is 3.00. The number of nitrogens with two attached hydrogens (primary N) is 1. The first-order valence-corrected chi connectivity index (χ1v) is 5.68. The van der Waals surface area contributed by atoms with Crippen molar-refractivity contribution >= 4 is 17.4 Å². The van der Waals surface area contributed by atoms with Gasteiger partial charge in [0.05, 0.1) is 0 Å². The molecular weight excluding hydrogens is 180 g/mol. The average Bonchev–Trinajstić information content (AvgIpc) is 2.57. The third-order valence-corrected chi connectivity index (χ3v) is 4.13. The van der Waals surface area contributed by atoms with E-state index in [-0.39, 0.29) is 0 Å². The van der Waals surface area contributed by atoms with Gasteiger partial charge in [-0.15, -0.1) is 0 Å². The molecule has 0 bridgehead atoms. The van der Waals surface area contributed by atoms with E-state index in [1.165, 1.54) is 24.1 Å². The highest BCUT2D eigenvalue weighted by Gasteiger charge is 2.28. The lowest BCUT2D eigenvalue weighted by Gasteiger charge is -2.28. The smallest absolute Gasteiger partial charge is 0.137 e. The molecule has 1 rings (SSSR count). The first-order chi connectivity index (χ1) is 6.18. The molecular formula is C10H18N2S. The fourth-order valence-corrected chi connectivity index (χ4v) is 2.87.